The first kappa shape index (κ1) is 18.7. The maximum Gasteiger partial charge on any atom is 0.234 e. The summed E-state index contributed by atoms with van der Waals surface area (Å²) in [5.41, 5.74) is 0.802. The van der Waals surface area contributed by atoms with E-state index in [2.05, 4.69) is 38.8 Å². The van der Waals surface area contributed by atoms with Gasteiger partial charge in [-0.2, -0.15) is 0 Å². The standard InChI is InChI=1S/C18H25N5O2S/c1-14(2)12-23-17(22-8-10-25-11-9-22)20-21-18(23)26-13-16(24)19-15-6-4-3-5-7-15/h3-7,14H,8-13H2,1-2H3,(H,19,24). The van der Waals surface area contributed by atoms with Gasteiger partial charge in [0, 0.05) is 25.3 Å². The van der Waals surface area contributed by atoms with Crippen molar-refractivity contribution in [1.29, 1.82) is 0 Å². The molecule has 140 valence electrons. The fourth-order valence-corrected chi connectivity index (χ4v) is 3.50. The minimum absolute atomic E-state index is 0.0479. The number of para-hydroxylation sites is 1. The molecule has 0 spiro atoms. The highest BCUT2D eigenvalue weighted by Crippen LogP contribution is 2.24. The van der Waals surface area contributed by atoms with Gasteiger partial charge < -0.3 is 15.0 Å². The highest BCUT2D eigenvalue weighted by Gasteiger charge is 2.21. The van der Waals surface area contributed by atoms with Gasteiger partial charge in [-0.25, -0.2) is 0 Å². The van der Waals surface area contributed by atoms with Gasteiger partial charge in [-0.1, -0.05) is 43.8 Å². The summed E-state index contributed by atoms with van der Waals surface area (Å²) >= 11 is 1.42. The van der Waals surface area contributed by atoms with Gasteiger partial charge in [-0.3, -0.25) is 9.36 Å². The van der Waals surface area contributed by atoms with Crippen LogP contribution in [-0.2, 0) is 16.1 Å². The maximum absolute atomic E-state index is 12.2. The number of hydrogen-bond acceptors (Lipinski definition) is 6. The Hall–Kier alpha value is -2.06. The molecule has 1 aromatic carbocycles. The number of morpholine rings is 1. The number of nitrogens with zero attached hydrogens (tertiary/aromatic N) is 4. The van der Waals surface area contributed by atoms with E-state index in [0.29, 0.717) is 24.9 Å². The van der Waals surface area contributed by atoms with E-state index in [4.69, 9.17) is 4.74 Å². The first-order chi connectivity index (χ1) is 12.6. The molecule has 1 N–H and O–H groups in total. The molecule has 7 nitrogen and oxygen atoms in total. The van der Waals surface area contributed by atoms with Crippen LogP contribution < -0.4 is 10.2 Å². The van der Waals surface area contributed by atoms with Gasteiger partial charge in [0.2, 0.25) is 11.9 Å². The van der Waals surface area contributed by atoms with Gasteiger partial charge in [0.1, 0.15) is 0 Å². The topological polar surface area (TPSA) is 72.3 Å². The zero-order valence-electron chi connectivity index (χ0n) is 15.2. The number of hydrogen-bond donors (Lipinski definition) is 1. The molecule has 1 saturated heterocycles. The van der Waals surface area contributed by atoms with Crippen molar-refractivity contribution >= 4 is 29.3 Å². The summed E-state index contributed by atoms with van der Waals surface area (Å²) < 4.78 is 7.55. The number of carbonyl (C=O) groups is 1. The molecule has 1 aromatic heterocycles. The van der Waals surface area contributed by atoms with E-state index in [0.717, 1.165) is 36.4 Å². The quantitative estimate of drug-likeness (QED) is 0.750. The number of ether oxygens (including phenoxy) is 1. The van der Waals surface area contributed by atoms with Crippen LogP contribution in [0.4, 0.5) is 11.6 Å². The zero-order valence-corrected chi connectivity index (χ0v) is 16.0. The van der Waals surface area contributed by atoms with Crippen LogP contribution in [0.1, 0.15) is 13.8 Å². The normalized spacial score (nSPS) is 14.7. The van der Waals surface area contributed by atoms with Gasteiger partial charge in [0.05, 0.1) is 19.0 Å². The number of nitrogens with one attached hydrogen (secondary N) is 1. The minimum Gasteiger partial charge on any atom is -0.378 e. The third-order valence-corrected chi connectivity index (χ3v) is 4.90. The van der Waals surface area contributed by atoms with Crippen LogP contribution in [0.15, 0.2) is 35.5 Å². The summed E-state index contributed by atoms with van der Waals surface area (Å²) in [4.78, 5) is 14.4. The minimum atomic E-state index is -0.0479. The molecule has 1 aliphatic rings. The summed E-state index contributed by atoms with van der Waals surface area (Å²) in [7, 11) is 0. The number of benzene rings is 1. The lowest BCUT2D eigenvalue weighted by Gasteiger charge is -2.28. The van der Waals surface area contributed by atoms with E-state index >= 15 is 0 Å². The number of rotatable bonds is 7. The van der Waals surface area contributed by atoms with Crippen LogP contribution in [0.5, 0.6) is 0 Å². The Morgan fingerprint density at radius 1 is 1.23 bits per heavy atom. The molecule has 2 aromatic rings. The van der Waals surface area contributed by atoms with Crippen molar-refractivity contribution in [3.63, 3.8) is 0 Å². The fourth-order valence-electron chi connectivity index (χ4n) is 2.76. The van der Waals surface area contributed by atoms with Crippen molar-refractivity contribution in [2.75, 3.05) is 42.3 Å². The fraction of sp³-hybridized carbons (Fsp3) is 0.500. The third kappa shape index (κ3) is 4.98. The molecule has 0 aliphatic carbocycles. The van der Waals surface area contributed by atoms with Crippen molar-refractivity contribution < 1.29 is 9.53 Å². The summed E-state index contributed by atoms with van der Waals surface area (Å²) in [5, 5.41) is 12.4. The van der Waals surface area contributed by atoms with E-state index in [1.165, 1.54) is 11.8 Å². The number of carbonyl (C=O) groups excluding carboxylic acids is 1. The predicted octanol–water partition coefficient (Wildman–Crippen LogP) is 2.50. The van der Waals surface area contributed by atoms with Crippen LogP contribution in [0.2, 0.25) is 0 Å². The molecule has 8 heteroatoms. The molecular formula is C18H25N5O2S. The zero-order chi connectivity index (χ0) is 18.4. The second-order valence-electron chi connectivity index (χ2n) is 6.59. The van der Waals surface area contributed by atoms with E-state index in [1.54, 1.807) is 0 Å². The lowest BCUT2D eigenvalue weighted by Crippen LogP contribution is -2.38. The van der Waals surface area contributed by atoms with Crippen LogP contribution >= 0.6 is 11.8 Å². The van der Waals surface area contributed by atoms with E-state index < -0.39 is 0 Å². The summed E-state index contributed by atoms with van der Waals surface area (Å²) in [5.74, 6) is 1.58. The van der Waals surface area contributed by atoms with Crippen LogP contribution in [-0.4, -0.2) is 52.7 Å². The Kier molecular flexibility index (Phi) is 6.51. The average Bonchev–Trinajstić information content (AvgIpc) is 3.03. The van der Waals surface area contributed by atoms with Crippen LogP contribution in [0.25, 0.3) is 0 Å². The second kappa shape index (κ2) is 9.05. The first-order valence-corrected chi connectivity index (χ1v) is 9.85. The number of amides is 1. The van der Waals surface area contributed by atoms with Crippen molar-refractivity contribution in [3.8, 4) is 0 Å². The van der Waals surface area contributed by atoms with Gasteiger partial charge in [-0.05, 0) is 18.1 Å². The molecule has 1 fully saturated rings. The van der Waals surface area contributed by atoms with Crippen molar-refractivity contribution in [3.05, 3.63) is 30.3 Å². The lowest BCUT2D eigenvalue weighted by molar-refractivity contribution is -0.113. The molecular weight excluding hydrogens is 350 g/mol. The number of aromatic nitrogens is 3. The average molecular weight is 375 g/mol. The SMILES string of the molecule is CC(C)Cn1c(SCC(=O)Nc2ccccc2)nnc1N1CCOCC1. The third-order valence-electron chi connectivity index (χ3n) is 3.93. The smallest absolute Gasteiger partial charge is 0.234 e. The molecule has 1 amide bonds. The first-order valence-electron chi connectivity index (χ1n) is 8.87. The van der Waals surface area contributed by atoms with Crippen molar-refractivity contribution in [2.45, 2.75) is 25.5 Å². The van der Waals surface area contributed by atoms with Gasteiger partial charge in [-0.15, -0.1) is 10.2 Å². The lowest BCUT2D eigenvalue weighted by atomic mass is 10.2. The molecule has 0 saturated carbocycles. The van der Waals surface area contributed by atoms with Gasteiger partial charge in [0.25, 0.3) is 0 Å². The monoisotopic (exact) mass is 375 g/mol. The largest absolute Gasteiger partial charge is 0.378 e. The Morgan fingerprint density at radius 2 is 1.96 bits per heavy atom. The maximum atomic E-state index is 12.2. The Labute approximate surface area is 158 Å². The molecule has 3 rings (SSSR count). The summed E-state index contributed by atoms with van der Waals surface area (Å²) in [6, 6.07) is 9.47. The van der Waals surface area contributed by atoms with Crippen molar-refractivity contribution in [1.82, 2.24) is 14.8 Å². The Bertz CT molecular complexity index is 714. The van der Waals surface area contributed by atoms with Gasteiger partial charge >= 0.3 is 0 Å². The van der Waals surface area contributed by atoms with E-state index in [-0.39, 0.29) is 5.91 Å². The highest BCUT2D eigenvalue weighted by molar-refractivity contribution is 7.99. The second-order valence-corrected chi connectivity index (χ2v) is 7.53. The predicted molar refractivity (Wildman–Crippen MR) is 104 cm³/mol. The Balaban J connectivity index is 1.66. The van der Waals surface area contributed by atoms with E-state index in [1.807, 2.05) is 30.3 Å². The van der Waals surface area contributed by atoms with Crippen LogP contribution in [0, 0.1) is 5.92 Å². The van der Waals surface area contributed by atoms with Crippen LogP contribution in [0.3, 0.4) is 0 Å². The molecule has 0 radical (unpaired) electrons. The van der Waals surface area contributed by atoms with E-state index in [9.17, 15) is 4.79 Å². The number of thioether (sulfide) groups is 1. The molecule has 2 heterocycles. The molecule has 1 aliphatic heterocycles. The van der Waals surface area contributed by atoms with Crippen molar-refractivity contribution in [2.24, 2.45) is 5.92 Å². The summed E-state index contributed by atoms with van der Waals surface area (Å²) in [6.07, 6.45) is 0. The molecule has 0 unspecified atom stereocenters. The molecule has 26 heavy (non-hydrogen) atoms. The number of anilines is 2. The molecule has 0 bridgehead atoms. The Morgan fingerprint density at radius 3 is 2.65 bits per heavy atom. The highest BCUT2D eigenvalue weighted by atomic mass is 32.2. The van der Waals surface area contributed by atoms with Gasteiger partial charge in [0.15, 0.2) is 5.16 Å². The summed E-state index contributed by atoms with van der Waals surface area (Å²) in [6.45, 7) is 8.19. The molecule has 0 atom stereocenters.